The van der Waals surface area contributed by atoms with Crippen LogP contribution in [0.5, 0.6) is 0 Å². The van der Waals surface area contributed by atoms with Crippen LogP contribution in [0.1, 0.15) is 58.8 Å². The molecule has 0 aromatic heterocycles. The summed E-state index contributed by atoms with van der Waals surface area (Å²) in [5, 5.41) is 30.8. The molecular weight excluding hydrogens is 276 g/mol. The lowest BCUT2D eigenvalue weighted by Crippen LogP contribution is -2.50. The van der Waals surface area contributed by atoms with E-state index in [0.29, 0.717) is 23.7 Å². The molecule has 0 amide bonds. The third kappa shape index (κ3) is 1.66. The lowest BCUT2D eigenvalue weighted by molar-refractivity contribution is -0.0230. The fraction of sp³-hybridized carbons (Fsp3) is 0.789. The van der Waals surface area contributed by atoms with E-state index >= 15 is 0 Å². The van der Waals surface area contributed by atoms with Crippen molar-refractivity contribution in [1.29, 1.82) is 0 Å². The van der Waals surface area contributed by atoms with Gasteiger partial charge in [-0.2, -0.15) is 0 Å². The Hall–Kier alpha value is -0.960. The zero-order chi connectivity index (χ0) is 15.7. The highest BCUT2D eigenvalue weighted by atomic mass is 16.3. The molecule has 4 aliphatic carbocycles. The highest BCUT2D eigenvalue weighted by molar-refractivity contribution is 5.33. The number of fused-ring (bicyclic) bond motifs is 5. The van der Waals surface area contributed by atoms with Crippen LogP contribution in [0.2, 0.25) is 0 Å². The average molecular weight is 304 g/mol. The van der Waals surface area contributed by atoms with Crippen molar-refractivity contribution in [1.82, 2.24) is 0 Å². The predicted octanol–water partition coefficient (Wildman–Crippen LogP) is 4.25. The molecular formula is C19H28O3. The lowest BCUT2D eigenvalue weighted by atomic mass is 9.49. The van der Waals surface area contributed by atoms with E-state index in [0.717, 1.165) is 12.8 Å². The molecule has 2 fully saturated rings. The van der Waals surface area contributed by atoms with Crippen LogP contribution in [0.3, 0.4) is 0 Å². The number of rotatable bonds is 0. The van der Waals surface area contributed by atoms with Gasteiger partial charge < -0.3 is 15.3 Å². The van der Waals surface area contributed by atoms with E-state index in [-0.39, 0.29) is 17.4 Å². The van der Waals surface area contributed by atoms with Gasteiger partial charge in [0.25, 0.3) is 0 Å². The van der Waals surface area contributed by atoms with Crippen molar-refractivity contribution < 1.29 is 15.3 Å². The molecule has 1 unspecified atom stereocenters. The van der Waals surface area contributed by atoms with Gasteiger partial charge in [0.05, 0.1) is 0 Å². The van der Waals surface area contributed by atoms with Gasteiger partial charge in [-0.15, -0.1) is 0 Å². The van der Waals surface area contributed by atoms with Gasteiger partial charge in [-0.3, -0.25) is 0 Å². The SMILES string of the molecule is C[C@@]12CCC[C@H]1C1=CC[C@@H]3CC(O)C(O)=C(O)[C@]3(C)[C@H]1CC2. The van der Waals surface area contributed by atoms with Gasteiger partial charge >= 0.3 is 0 Å². The largest absolute Gasteiger partial charge is 0.508 e. The summed E-state index contributed by atoms with van der Waals surface area (Å²) < 4.78 is 0. The Labute approximate surface area is 132 Å². The first-order valence-electron chi connectivity index (χ1n) is 8.88. The van der Waals surface area contributed by atoms with Crippen molar-refractivity contribution in [3.05, 3.63) is 23.2 Å². The summed E-state index contributed by atoms with van der Waals surface area (Å²) in [4.78, 5) is 0. The number of hydrogen-bond acceptors (Lipinski definition) is 3. The molecule has 3 nitrogen and oxygen atoms in total. The van der Waals surface area contributed by atoms with E-state index < -0.39 is 11.5 Å². The Bertz CT molecular complexity index is 563. The number of aliphatic hydroxyl groups is 3. The first kappa shape index (κ1) is 14.6. The summed E-state index contributed by atoms with van der Waals surface area (Å²) in [6, 6.07) is 0. The van der Waals surface area contributed by atoms with E-state index in [1.165, 1.54) is 25.7 Å². The summed E-state index contributed by atoms with van der Waals surface area (Å²) in [5.41, 5.74) is 1.60. The molecule has 0 bridgehead atoms. The minimum absolute atomic E-state index is 0.0634. The van der Waals surface area contributed by atoms with Gasteiger partial charge in [0.15, 0.2) is 5.76 Å². The quantitative estimate of drug-likeness (QED) is 0.586. The molecule has 122 valence electrons. The second kappa shape index (κ2) is 4.53. The first-order chi connectivity index (χ1) is 10.4. The van der Waals surface area contributed by atoms with Gasteiger partial charge in [-0.1, -0.05) is 31.9 Å². The number of aliphatic hydroxyl groups excluding tert-OH is 3. The van der Waals surface area contributed by atoms with Crippen LogP contribution in [-0.4, -0.2) is 21.4 Å². The summed E-state index contributed by atoms with van der Waals surface area (Å²) in [7, 11) is 0. The Morgan fingerprint density at radius 1 is 1.09 bits per heavy atom. The van der Waals surface area contributed by atoms with Crippen LogP contribution in [0.4, 0.5) is 0 Å². The minimum Gasteiger partial charge on any atom is -0.508 e. The maximum absolute atomic E-state index is 10.7. The molecule has 0 aliphatic heterocycles. The normalized spacial score (nSPS) is 51.0. The Morgan fingerprint density at radius 3 is 2.64 bits per heavy atom. The van der Waals surface area contributed by atoms with Crippen molar-refractivity contribution in [2.24, 2.45) is 28.6 Å². The highest BCUT2D eigenvalue weighted by Crippen LogP contribution is 2.64. The fourth-order valence-electron chi connectivity index (χ4n) is 6.24. The van der Waals surface area contributed by atoms with Crippen LogP contribution in [0.15, 0.2) is 23.2 Å². The fourth-order valence-corrected chi connectivity index (χ4v) is 6.24. The van der Waals surface area contributed by atoms with Crippen molar-refractivity contribution in [2.75, 3.05) is 0 Å². The minimum atomic E-state index is -0.895. The second-order valence-electron chi connectivity index (χ2n) is 8.59. The van der Waals surface area contributed by atoms with E-state index in [2.05, 4.69) is 19.9 Å². The smallest absolute Gasteiger partial charge is 0.159 e. The maximum atomic E-state index is 10.7. The maximum Gasteiger partial charge on any atom is 0.159 e. The average Bonchev–Trinajstić information content (AvgIpc) is 2.89. The molecule has 3 N–H and O–H groups in total. The van der Waals surface area contributed by atoms with Crippen LogP contribution in [0.25, 0.3) is 0 Å². The second-order valence-corrected chi connectivity index (χ2v) is 8.59. The molecule has 6 atom stereocenters. The van der Waals surface area contributed by atoms with Crippen molar-refractivity contribution in [3.8, 4) is 0 Å². The molecule has 0 heterocycles. The molecule has 4 rings (SSSR count). The van der Waals surface area contributed by atoms with Crippen molar-refractivity contribution >= 4 is 0 Å². The van der Waals surface area contributed by atoms with Gasteiger partial charge in [0.1, 0.15) is 11.9 Å². The molecule has 4 aliphatic rings. The summed E-state index contributed by atoms with van der Waals surface area (Å²) in [5.74, 6) is 1.11. The molecule has 0 aromatic carbocycles. The Kier molecular flexibility index (Phi) is 3.01. The Morgan fingerprint density at radius 2 is 1.86 bits per heavy atom. The third-order valence-electron chi connectivity index (χ3n) is 7.68. The molecule has 0 saturated heterocycles. The first-order valence-corrected chi connectivity index (χ1v) is 8.88. The Balaban J connectivity index is 1.78. The molecule has 0 radical (unpaired) electrons. The molecule has 0 aromatic rings. The van der Waals surface area contributed by atoms with Crippen molar-refractivity contribution in [3.63, 3.8) is 0 Å². The summed E-state index contributed by atoms with van der Waals surface area (Å²) >= 11 is 0. The zero-order valence-corrected chi connectivity index (χ0v) is 13.7. The van der Waals surface area contributed by atoms with Gasteiger partial charge in [-0.25, -0.2) is 0 Å². The number of hydrogen-bond donors (Lipinski definition) is 3. The van der Waals surface area contributed by atoms with Gasteiger partial charge in [0, 0.05) is 5.41 Å². The monoisotopic (exact) mass is 304 g/mol. The molecule has 22 heavy (non-hydrogen) atoms. The van der Waals surface area contributed by atoms with E-state index in [1.54, 1.807) is 5.57 Å². The van der Waals surface area contributed by atoms with Crippen molar-refractivity contribution in [2.45, 2.75) is 64.9 Å². The van der Waals surface area contributed by atoms with E-state index in [1.807, 2.05) is 0 Å². The topological polar surface area (TPSA) is 60.7 Å². The molecule has 2 saturated carbocycles. The predicted molar refractivity (Wildman–Crippen MR) is 85.4 cm³/mol. The summed E-state index contributed by atoms with van der Waals surface area (Å²) in [6.07, 6.45) is 9.25. The third-order valence-corrected chi connectivity index (χ3v) is 7.68. The van der Waals surface area contributed by atoms with E-state index in [4.69, 9.17) is 0 Å². The molecule has 0 spiro atoms. The van der Waals surface area contributed by atoms with Crippen LogP contribution < -0.4 is 0 Å². The number of allylic oxidation sites excluding steroid dienone is 3. The highest BCUT2D eigenvalue weighted by Gasteiger charge is 2.58. The van der Waals surface area contributed by atoms with Crippen LogP contribution >= 0.6 is 0 Å². The standard InChI is InChI=1S/C19H28O3/c1-18-8-3-4-13(18)12-6-5-11-10-15(20)16(21)17(22)19(11,2)14(12)7-9-18/h6,11,13-15,20-22H,3-5,7-10H2,1-2H3/t11-,13+,14+,15?,18+,19+/m1/s1. The molecule has 3 heteroatoms. The van der Waals surface area contributed by atoms with E-state index in [9.17, 15) is 15.3 Å². The van der Waals surface area contributed by atoms with Crippen LogP contribution in [0, 0.1) is 28.6 Å². The van der Waals surface area contributed by atoms with Gasteiger partial charge in [0.2, 0.25) is 0 Å². The summed E-state index contributed by atoms with van der Waals surface area (Å²) in [6.45, 7) is 4.55. The zero-order valence-electron chi connectivity index (χ0n) is 13.7. The lowest BCUT2D eigenvalue weighted by Gasteiger charge is -2.55. The van der Waals surface area contributed by atoms with Gasteiger partial charge in [-0.05, 0) is 61.7 Å². The van der Waals surface area contributed by atoms with Crippen LogP contribution in [-0.2, 0) is 0 Å².